The van der Waals surface area contributed by atoms with Gasteiger partial charge in [0.15, 0.2) is 11.6 Å². The maximum Gasteiger partial charge on any atom is 0.237 e. The number of hydrogen-bond acceptors (Lipinski definition) is 5. The van der Waals surface area contributed by atoms with Crippen LogP contribution in [0.25, 0.3) is 10.9 Å². The number of nitriles is 1. The molecule has 8 heteroatoms. The summed E-state index contributed by atoms with van der Waals surface area (Å²) in [7, 11) is 0. The van der Waals surface area contributed by atoms with Crippen LogP contribution in [-0.2, 0) is 4.79 Å². The van der Waals surface area contributed by atoms with Crippen LogP contribution >= 0.6 is 0 Å². The van der Waals surface area contributed by atoms with Crippen molar-refractivity contribution < 1.29 is 18.3 Å². The molecule has 0 spiro atoms. The average molecular weight is 386 g/mol. The normalized spacial score (nSPS) is 22.5. The van der Waals surface area contributed by atoms with Gasteiger partial charge in [-0.3, -0.25) is 14.7 Å². The number of rotatable bonds is 4. The summed E-state index contributed by atoms with van der Waals surface area (Å²) < 4.78 is 33.4. The summed E-state index contributed by atoms with van der Waals surface area (Å²) in [6.07, 6.45) is 3.56. The Morgan fingerprint density at radius 3 is 2.96 bits per heavy atom. The molecule has 0 radical (unpaired) electrons. The third-order valence-corrected chi connectivity index (χ3v) is 5.37. The molecule has 1 aromatic heterocycles. The van der Waals surface area contributed by atoms with Crippen LogP contribution < -0.4 is 4.74 Å². The van der Waals surface area contributed by atoms with E-state index in [9.17, 15) is 13.6 Å². The first-order valence-electron chi connectivity index (χ1n) is 9.37. The van der Waals surface area contributed by atoms with Gasteiger partial charge in [-0.15, -0.1) is 0 Å². The number of nitrogens with zero attached hydrogens (tertiary/aromatic N) is 4. The third-order valence-electron chi connectivity index (χ3n) is 5.37. The second-order valence-electron chi connectivity index (χ2n) is 7.20. The zero-order chi connectivity index (χ0) is 19.7. The number of amides is 1. The lowest BCUT2D eigenvalue weighted by molar-refractivity contribution is -0.132. The minimum absolute atomic E-state index is 0.0309. The topological polar surface area (TPSA) is 69.5 Å². The first kappa shape index (κ1) is 18.6. The Balaban J connectivity index is 1.40. The molecule has 2 unspecified atom stereocenters. The lowest BCUT2D eigenvalue weighted by Gasteiger charge is -2.23. The molecule has 2 atom stereocenters. The molecule has 1 amide bonds. The van der Waals surface area contributed by atoms with Crippen molar-refractivity contribution in [2.24, 2.45) is 0 Å². The number of likely N-dealkylation sites (tertiary alicyclic amines) is 2. The molecule has 0 saturated carbocycles. The van der Waals surface area contributed by atoms with Gasteiger partial charge in [0.25, 0.3) is 0 Å². The van der Waals surface area contributed by atoms with Gasteiger partial charge in [-0.2, -0.15) is 5.26 Å². The van der Waals surface area contributed by atoms with Crippen molar-refractivity contribution in [2.75, 3.05) is 26.2 Å². The van der Waals surface area contributed by atoms with Crippen LogP contribution in [0.15, 0.2) is 24.4 Å². The van der Waals surface area contributed by atoms with Crippen LogP contribution in [0.5, 0.6) is 5.75 Å². The number of carbonyl (C=O) groups excluding carboxylic acids is 1. The molecule has 0 N–H and O–H groups in total. The van der Waals surface area contributed by atoms with Gasteiger partial charge in [-0.25, -0.2) is 8.78 Å². The predicted octanol–water partition coefficient (Wildman–Crippen LogP) is 2.48. The monoisotopic (exact) mass is 386 g/mol. The van der Waals surface area contributed by atoms with Crippen molar-refractivity contribution in [3.05, 3.63) is 36.0 Å². The Morgan fingerprint density at radius 2 is 2.14 bits per heavy atom. The Kier molecular flexibility index (Phi) is 5.09. The molecule has 3 heterocycles. The molecule has 2 aromatic rings. The highest BCUT2D eigenvalue weighted by molar-refractivity contribution is 5.85. The van der Waals surface area contributed by atoms with Gasteiger partial charge in [-0.05, 0) is 37.5 Å². The minimum Gasteiger partial charge on any atom is -0.488 e. The van der Waals surface area contributed by atoms with E-state index in [1.165, 1.54) is 12.3 Å². The first-order chi connectivity index (χ1) is 13.6. The van der Waals surface area contributed by atoms with E-state index in [4.69, 9.17) is 10.00 Å². The van der Waals surface area contributed by atoms with E-state index in [0.29, 0.717) is 30.8 Å². The third kappa shape index (κ3) is 3.50. The van der Waals surface area contributed by atoms with E-state index in [0.717, 1.165) is 25.3 Å². The fourth-order valence-electron chi connectivity index (χ4n) is 3.94. The molecule has 0 bridgehead atoms. The van der Waals surface area contributed by atoms with Gasteiger partial charge >= 0.3 is 0 Å². The highest BCUT2D eigenvalue weighted by Gasteiger charge is 2.32. The molecule has 2 saturated heterocycles. The number of benzene rings is 1. The standard InChI is InChI=1S/C20H20F2N4O2/c21-16-4-3-15-17(5-7-24-20(15)19(16)22)28-14-6-9-25(11-14)12-18(27)26-8-1-2-13(26)10-23/h3-5,7,13-14H,1-2,6,8-9,11-12H2. The van der Waals surface area contributed by atoms with Gasteiger partial charge in [0, 0.05) is 31.2 Å². The van der Waals surface area contributed by atoms with Crippen LogP contribution in [0.2, 0.25) is 0 Å². The van der Waals surface area contributed by atoms with Gasteiger partial charge in [0.05, 0.1) is 12.6 Å². The molecular weight excluding hydrogens is 366 g/mol. The Hall–Kier alpha value is -2.79. The second kappa shape index (κ2) is 7.68. The van der Waals surface area contributed by atoms with E-state index < -0.39 is 11.6 Å². The van der Waals surface area contributed by atoms with Crippen LogP contribution in [0.1, 0.15) is 19.3 Å². The maximum absolute atomic E-state index is 13.9. The number of carbonyl (C=O) groups is 1. The summed E-state index contributed by atoms with van der Waals surface area (Å²) >= 11 is 0. The fourth-order valence-corrected chi connectivity index (χ4v) is 3.94. The van der Waals surface area contributed by atoms with Gasteiger partial charge in [-0.1, -0.05) is 0 Å². The molecule has 0 aliphatic carbocycles. The van der Waals surface area contributed by atoms with E-state index in [-0.39, 0.29) is 30.1 Å². The van der Waals surface area contributed by atoms with Crippen molar-refractivity contribution in [3.8, 4) is 11.8 Å². The average Bonchev–Trinajstić information content (AvgIpc) is 3.34. The molecule has 2 aliphatic rings. The van der Waals surface area contributed by atoms with Gasteiger partial charge < -0.3 is 9.64 Å². The Labute approximate surface area is 161 Å². The van der Waals surface area contributed by atoms with E-state index in [1.54, 1.807) is 11.0 Å². The summed E-state index contributed by atoms with van der Waals surface area (Å²) in [4.78, 5) is 20.1. The summed E-state index contributed by atoms with van der Waals surface area (Å²) in [6, 6.07) is 6.02. The van der Waals surface area contributed by atoms with Crippen LogP contribution in [-0.4, -0.2) is 59.0 Å². The van der Waals surface area contributed by atoms with Crippen molar-refractivity contribution in [3.63, 3.8) is 0 Å². The number of halogens is 2. The molecule has 1 aromatic carbocycles. The summed E-state index contributed by atoms with van der Waals surface area (Å²) in [5, 5.41) is 9.56. The van der Waals surface area contributed by atoms with E-state index in [1.807, 2.05) is 4.90 Å². The molecule has 2 fully saturated rings. The quantitative estimate of drug-likeness (QED) is 0.808. The van der Waals surface area contributed by atoms with Gasteiger partial charge in [0.2, 0.25) is 5.91 Å². The first-order valence-corrected chi connectivity index (χ1v) is 9.37. The second-order valence-corrected chi connectivity index (χ2v) is 7.20. The lowest BCUT2D eigenvalue weighted by atomic mass is 10.2. The predicted molar refractivity (Wildman–Crippen MR) is 97.5 cm³/mol. The Bertz CT molecular complexity index is 946. The van der Waals surface area contributed by atoms with Crippen LogP contribution in [0.4, 0.5) is 8.78 Å². The SMILES string of the molecule is N#CC1CCCN1C(=O)CN1CCC(Oc2ccnc3c(F)c(F)ccc23)C1. The van der Waals surface area contributed by atoms with Crippen molar-refractivity contribution in [1.82, 2.24) is 14.8 Å². The molecule has 146 valence electrons. The number of hydrogen-bond donors (Lipinski definition) is 0. The van der Waals surface area contributed by atoms with Crippen molar-refractivity contribution in [1.29, 1.82) is 5.26 Å². The molecule has 2 aliphatic heterocycles. The molecule has 4 rings (SSSR count). The zero-order valence-electron chi connectivity index (χ0n) is 15.3. The van der Waals surface area contributed by atoms with Crippen molar-refractivity contribution >= 4 is 16.8 Å². The van der Waals surface area contributed by atoms with Crippen LogP contribution in [0.3, 0.4) is 0 Å². The molecular formula is C20H20F2N4O2. The molecule has 6 nitrogen and oxygen atoms in total. The highest BCUT2D eigenvalue weighted by atomic mass is 19.2. The zero-order valence-corrected chi connectivity index (χ0v) is 15.3. The lowest BCUT2D eigenvalue weighted by Crippen LogP contribution is -2.42. The largest absolute Gasteiger partial charge is 0.488 e. The number of fused-ring (bicyclic) bond motifs is 1. The summed E-state index contributed by atoms with van der Waals surface area (Å²) in [6.45, 7) is 2.16. The number of aromatic nitrogens is 1. The highest BCUT2D eigenvalue weighted by Crippen LogP contribution is 2.29. The van der Waals surface area contributed by atoms with E-state index >= 15 is 0 Å². The summed E-state index contributed by atoms with van der Waals surface area (Å²) in [5.74, 6) is -1.51. The van der Waals surface area contributed by atoms with Crippen molar-refractivity contribution in [2.45, 2.75) is 31.4 Å². The van der Waals surface area contributed by atoms with E-state index in [2.05, 4.69) is 11.1 Å². The molecule has 28 heavy (non-hydrogen) atoms. The maximum atomic E-state index is 13.9. The number of ether oxygens (including phenoxy) is 1. The Morgan fingerprint density at radius 1 is 1.29 bits per heavy atom. The van der Waals surface area contributed by atoms with Gasteiger partial charge in [0.1, 0.15) is 23.4 Å². The summed E-state index contributed by atoms with van der Waals surface area (Å²) in [5.41, 5.74) is -0.0564. The minimum atomic E-state index is -0.987. The smallest absolute Gasteiger partial charge is 0.237 e. The van der Waals surface area contributed by atoms with Crippen LogP contribution in [0, 0.1) is 23.0 Å². The fraction of sp³-hybridized carbons (Fsp3) is 0.450. The number of pyridine rings is 1.